The Balaban J connectivity index is 1.78. The van der Waals surface area contributed by atoms with Crippen LogP contribution in [0.25, 0.3) is 0 Å². The summed E-state index contributed by atoms with van der Waals surface area (Å²) >= 11 is 12.1. The maximum absolute atomic E-state index is 12.8. The summed E-state index contributed by atoms with van der Waals surface area (Å²) in [6, 6.07) is 5.43. The molecule has 1 fully saturated rings. The fourth-order valence-corrected chi connectivity index (χ4v) is 3.20. The Labute approximate surface area is 151 Å². The van der Waals surface area contributed by atoms with E-state index in [0.29, 0.717) is 35.3 Å². The summed E-state index contributed by atoms with van der Waals surface area (Å²) in [5.41, 5.74) is 2.45. The van der Waals surface area contributed by atoms with Gasteiger partial charge in [0.1, 0.15) is 6.10 Å². The molecule has 0 saturated carbocycles. The number of amides is 1. The maximum atomic E-state index is 12.8. The molecule has 0 bridgehead atoms. The van der Waals surface area contributed by atoms with Gasteiger partial charge < -0.3 is 9.64 Å². The highest BCUT2D eigenvalue weighted by molar-refractivity contribution is 6.42. The van der Waals surface area contributed by atoms with Gasteiger partial charge in [-0.1, -0.05) is 29.3 Å². The summed E-state index contributed by atoms with van der Waals surface area (Å²) in [6.07, 6.45) is 1.43. The predicted molar refractivity (Wildman–Crippen MR) is 93.7 cm³/mol. The molecule has 1 amide bonds. The number of carbonyl (C=O) groups excluding carboxylic acids is 1. The second-order valence-corrected chi connectivity index (χ2v) is 6.56. The first-order valence-electron chi connectivity index (χ1n) is 7.89. The average molecular weight is 368 g/mol. The second-order valence-electron chi connectivity index (χ2n) is 5.74. The van der Waals surface area contributed by atoms with Gasteiger partial charge in [-0.15, -0.1) is 0 Å². The van der Waals surface area contributed by atoms with E-state index in [2.05, 4.69) is 5.10 Å². The highest BCUT2D eigenvalue weighted by Crippen LogP contribution is 2.29. The second kappa shape index (κ2) is 7.13. The third-order valence-corrected chi connectivity index (χ3v) is 5.04. The summed E-state index contributed by atoms with van der Waals surface area (Å²) in [5, 5.41) is 5.25. The van der Waals surface area contributed by atoms with Crippen LogP contribution in [0.15, 0.2) is 24.4 Å². The fourth-order valence-electron chi connectivity index (χ4n) is 2.89. The molecule has 0 spiro atoms. The highest BCUT2D eigenvalue weighted by atomic mass is 35.5. The smallest absolute Gasteiger partial charge is 0.257 e. The van der Waals surface area contributed by atoms with Crippen molar-refractivity contribution in [1.82, 2.24) is 14.7 Å². The summed E-state index contributed by atoms with van der Waals surface area (Å²) in [6.45, 7) is 6.19. The van der Waals surface area contributed by atoms with Crippen LogP contribution in [0, 0.1) is 6.92 Å². The molecule has 0 N–H and O–H groups in total. The highest BCUT2D eigenvalue weighted by Gasteiger charge is 2.28. The zero-order chi connectivity index (χ0) is 17.3. The van der Waals surface area contributed by atoms with Crippen molar-refractivity contribution in [3.05, 3.63) is 51.3 Å². The van der Waals surface area contributed by atoms with E-state index in [1.807, 2.05) is 24.6 Å². The molecule has 1 saturated heterocycles. The molecule has 7 heteroatoms. The van der Waals surface area contributed by atoms with Gasteiger partial charge in [0.25, 0.3) is 5.91 Å². The van der Waals surface area contributed by atoms with Crippen molar-refractivity contribution in [3.63, 3.8) is 0 Å². The molecule has 1 aromatic carbocycles. The lowest BCUT2D eigenvalue weighted by molar-refractivity contribution is -0.0228. The minimum absolute atomic E-state index is 0.0134. The summed E-state index contributed by atoms with van der Waals surface area (Å²) in [7, 11) is 0. The van der Waals surface area contributed by atoms with Crippen LogP contribution in [0.5, 0.6) is 0 Å². The molecule has 3 rings (SSSR count). The average Bonchev–Trinajstić information content (AvgIpc) is 2.97. The third kappa shape index (κ3) is 3.29. The number of hydrogen-bond acceptors (Lipinski definition) is 3. The van der Waals surface area contributed by atoms with E-state index in [4.69, 9.17) is 27.9 Å². The van der Waals surface area contributed by atoms with E-state index < -0.39 is 0 Å². The van der Waals surface area contributed by atoms with Crippen LogP contribution in [0.1, 0.15) is 34.6 Å². The van der Waals surface area contributed by atoms with E-state index in [9.17, 15) is 4.79 Å². The fraction of sp³-hybridized carbons (Fsp3) is 0.412. The molecule has 2 heterocycles. The van der Waals surface area contributed by atoms with Crippen molar-refractivity contribution >= 4 is 29.1 Å². The Bertz CT molecular complexity index is 760. The predicted octanol–water partition coefficient (Wildman–Crippen LogP) is 3.73. The number of morpholine rings is 1. The first-order valence-corrected chi connectivity index (χ1v) is 8.65. The van der Waals surface area contributed by atoms with Crippen LogP contribution in [-0.4, -0.2) is 40.3 Å². The molecular weight excluding hydrogens is 349 g/mol. The Morgan fingerprint density at radius 2 is 2.17 bits per heavy atom. The first-order chi connectivity index (χ1) is 11.5. The van der Waals surface area contributed by atoms with Gasteiger partial charge in [-0.3, -0.25) is 9.48 Å². The summed E-state index contributed by atoms with van der Waals surface area (Å²) < 4.78 is 7.64. The standard InChI is InChI=1S/C17H19Cl2N3O2/c1-3-22-11(2)13(9-20-22)17(23)21-6-7-24-16(10-21)12-4-5-14(18)15(19)8-12/h4-5,8-9,16H,3,6-7,10H2,1-2H3/t16-/m1/s1. The van der Waals surface area contributed by atoms with E-state index in [1.165, 1.54) is 0 Å². The molecule has 128 valence electrons. The van der Waals surface area contributed by atoms with Gasteiger partial charge in [-0.05, 0) is 31.5 Å². The molecule has 1 aliphatic rings. The SMILES string of the molecule is CCn1ncc(C(=O)N2CCO[C@@H](c3ccc(Cl)c(Cl)c3)C2)c1C. The molecule has 5 nitrogen and oxygen atoms in total. The molecule has 0 radical (unpaired) electrons. The number of aromatic nitrogens is 2. The van der Waals surface area contributed by atoms with E-state index in [-0.39, 0.29) is 12.0 Å². The van der Waals surface area contributed by atoms with Crippen LogP contribution in [-0.2, 0) is 11.3 Å². The van der Waals surface area contributed by atoms with Crippen molar-refractivity contribution in [2.75, 3.05) is 19.7 Å². The van der Waals surface area contributed by atoms with Gasteiger partial charge in [0.05, 0.1) is 35.0 Å². The number of rotatable bonds is 3. The van der Waals surface area contributed by atoms with Crippen molar-refractivity contribution in [2.45, 2.75) is 26.5 Å². The number of nitrogens with zero attached hydrogens (tertiary/aromatic N) is 3. The van der Waals surface area contributed by atoms with Crippen LogP contribution < -0.4 is 0 Å². The molecular formula is C17H19Cl2N3O2. The third-order valence-electron chi connectivity index (χ3n) is 4.30. The van der Waals surface area contributed by atoms with Gasteiger partial charge in [0, 0.05) is 18.8 Å². The van der Waals surface area contributed by atoms with Gasteiger partial charge >= 0.3 is 0 Å². The number of ether oxygens (including phenoxy) is 1. The van der Waals surface area contributed by atoms with Gasteiger partial charge in [0.15, 0.2) is 0 Å². The van der Waals surface area contributed by atoms with E-state index in [1.54, 1.807) is 23.2 Å². The van der Waals surface area contributed by atoms with Crippen LogP contribution in [0.4, 0.5) is 0 Å². The molecule has 0 aliphatic carbocycles. The zero-order valence-electron chi connectivity index (χ0n) is 13.6. The number of aryl methyl sites for hydroxylation is 1. The van der Waals surface area contributed by atoms with Crippen molar-refractivity contribution in [2.24, 2.45) is 0 Å². The van der Waals surface area contributed by atoms with Crippen molar-refractivity contribution < 1.29 is 9.53 Å². The Morgan fingerprint density at radius 3 is 2.83 bits per heavy atom. The van der Waals surface area contributed by atoms with Crippen molar-refractivity contribution in [3.8, 4) is 0 Å². The Hall–Kier alpha value is -1.56. The van der Waals surface area contributed by atoms with Gasteiger partial charge in [0.2, 0.25) is 0 Å². The number of benzene rings is 1. The summed E-state index contributed by atoms with van der Waals surface area (Å²) in [4.78, 5) is 14.6. The van der Waals surface area contributed by atoms with E-state index in [0.717, 1.165) is 17.8 Å². The normalized spacial score (nSPS) is 18.0. The van der Waals surface area contributed by atoms with Crippen molar-refractivity contribution in [1.29, 1.82) is 0 Å². The monoisotopic (exact) mass is 367 g/mol. The van der Waals surface area contributed by atoms with Crippen LogP contribution in [0.3, 0.4) is 0 Å². The van der Waals surface area contributed by atoms with Crippen LogP contribution in [0.2, 0.25) is 10.0 Å². The molecule has 2 aromatic rings. The minimum Gasteiger partial charge on any atom is -0.370 e. The minimum atomic E-state index is -0.209. The topological polar surface area (TPSA) is 47.4 Å². The largest absolute Gasteiger partial charge is 0.370 e. The molecule has 1 atom stereocenters. The lowest BCUT2D eigenvalue weighted by atomic mass is 10.1. The Kier molecular flexibility index (Phi) is 5.13. The lowest BCUT2D eigenvalue weighted by Crippen LogP contribution is -2.42. The van der Waals surface area contributed by atoms with Gasteiger partial charge in [-0.2, -0.15) is 5.10 Å². The number of carbonyl (C=O) groups is 1. The van der Waals surface area contributed by atoms with Crippen LogP contribution >= 0.6 is 23.2 Å². The van der Waals surface area contributed by atoms with Gasteiger partial charge in [-0.25, -0.2) is 0 Å². The number of hydrogen-bond donors (Lipinski definition) is 0. The molecule has 24 heavy (non-hydrogen) atoms. The maximum Gasteiger partial charge on any atom is 0.257 e. The Morgan fingerprint density at radius 1 is 1.38 bits per heavy atom. The molecule has 0 unspecified atom stereocenters. The number of halogens is 2. The lowest BCUT2D eigenvalue weighted by Gasteiger charge is -2.33. The molecule has 1 aliphatic heterocycles. The molecule has 1 aromatic heterocycles. The quantitative estimate of drug-likeness (QED) is 0.830. The van der Waals surface area contributed by atoms with E-state index >= 15 is 0 Å². The summed E-state index contributed by atoms with van der Waals surface area (Å²) in [5.74, 6) is -0.0134. The first kappa shape index (κ1) is 17.3. The zero-order valence-corrected chi connectivity index (χ0v) is 15.1.